The van der Waals surface area contributed by atoms with E-state index in [-0.39, 0.29) is 27.6 Å². The van der Waals surface area contributed by atoms with Crippen LogP contribution in [-0.2, 0) is 0 Å². The Morgan fingerprint density at radius 1 is 1.03 bits per heavy atom. The molecular weight excluding hydrogens is 450 g/mol. The minimum atomic E-state index is -0.341. The molecule has 2 atom stereocenters. The molecule has 0 radical (unpaired) electrons. The van der Waals surface area contributed by atoms with Crippen LogP contribution in [0.25, 0.3) is 0 Å². The molecule has 176 valence electrons. The van der Waals surface area contributed by atoms with E-state index in [1.807, 2.05) is 41.4 Å². The average molecular weight is 478 g/mol. The molecule has 1 aliphatic carbocycles. The van der Waals surface area contributed by atoms with Gasteiger partial charge in [-0.25, -0.2) is 5.01 Å². The molecule has 1 saturated carbocycles. The van der Waals surface area contributed by atoms with Gasteiger partial charge in [0.05, 0.1) is 16.7 Å². The number of para-hydroxylation sites is 1. The van der Waals surface area contributed by atoms with Crippen LogP contribution in [0, 0.1) is 10.1 Å². The number of hydrazine groups is 1. The van der Waals surface area contributed by atoms with Crippen molar-refractivity contribution in [3.63, 3.8) is 0 Å². The van der Waals surface area contributed by atoms with Gasteiger partial charge in [0.15, 0.2) is 5.84 Å². The van der Waals surface area contributed by atoms with Gasteiger partial charge in [-0.15, -0.1) is 0 Å². The zero-order chi connectivity index (χ0) is 23.1. The molecule has 3 aliphatic heterocycles. The van der Waals surface area contributed by atoms with Crippen LogP contribution >= 0.6 is 11.8 Å². The third kappa shape index (κ3) is 3.70. The summed E-state index contributed by atoms with van der Waals surface area (Å²) in [7, 11) is 0. The lowest BCUT2D eigenvalue weighted by atomic mass is 9.91. The Hall–Kier alpha value is -3.11. The predicted molar refractivity (Wildman–Crippen MR) is 134 cm³/mol. The van der Waals surface area contributed by atoms with Gasteiger partial charge in [-0.1, -0.05) is 61.4 Å². The number of non-ortho nitro benzene ring substituents is 1. The second-order valence-corrected chi connectivity index (χ2v) is 10.4. The summed E-state index contributed by atoms with van der Waals surface area (Å²) in [5.41, 5.74) is 8.84. The number of amidine groups is 2. The van der Waals surface area contributed by atoms with Crippen molar-refractivity contribution in [2.45, 2.75) is 61.9 Å². The van der Waals surface area contributed by atoms with Crippen molar-refractivity contribution in [2.24, 2.45) is 10.2 Å². The van der Waals surface area contributed by atoms with E-state index in [4.69, 9.17) is 10.2 Å². The van der Waals surface area contributed by atoms with Crippen molar-refractivity contribution in [2.75, 3.05) is 5.01 Å². The van der Waals surface area contributed by atoms with E-state index >= 15 is 0 Å². The normalized spacial score (nSPS) is 25.5. The fourth-order valence-electron chi connectivity index (χ4n) is 5.30. The number of nitro groups is 1. The highest BCUT2D eigenvalue weighted by molar-refractivity contribution is 8.15. The number of thioether (sulfide) groups is 1. The number of rotatable bonds is 3. The first kappa shape index (κ1) is 21.4. The van der Waals surface area contributed by atoms with Crippen LogP contribution in [-0.4, -0.2) is 31.8 Å². The smallest absolute Gasteiger partial charge is 0.269 e. The highest BCUT2D eigenvalue weighted by atomic mass is 32.2. The zero-order valence-electron chi connectivity index (χ0n) is 18.8. The van der Waals surface area contributed by atoms with Gasteiger partial charge in [-0.3, -0.25) is 20.5 Å². The lowest BCUT2D eigenvalue weighted by Gasteiger charge is -2.42. The van der Waals surface area contributed by atoms with Crippen LogP contribution < -0.4 is 15.9 Å². The first-order chi connectivity index (χ1) is 16.6. The minimum Gasteiger partial charge on any atom is -0.286 e. The lowest BCUT2D eigenvalue weighted by molar-refractivity contribution is -0.384. The van der Waals surface area contributed by atoms with Crippen LogP contribution in [0.5, 0.6) is 0 Å². The van der Waals surface area contributed by atoms with E-state index in [0.717, 1.165) is 47.9 Å². The Morgan fingerprint density at radius 3 is 2.56 bits per heavy atom. The fraction of sp³-hybridized carbons (Fsp3) is 0.417. The SMILES string of the molecule is O=[N+]([O-])c1cccc(C2C3SC4=NNC5(CCCCCCC5)NN4C3=NN2c2ccccc2)c1. The summed E-state index contributed by atoms with van der Waals surface area (Å²) in [6, 6.07) is 16.7. The molecule has 2 N–H and O–H groups in total. The van der Waals surface area contributed by atoms with Crippen LogP contribution in [0.2, 0.25) is 0 Å². The van der Waals surface area contributed by atoms with Gasteiger partial charge in [0.2, 0.25) is 5.17 Å². The first-order valence-electron chi connectivity index (χ1n) is 11.9. The van der Waals surface area contributed by atoms with Gasteiger partial charge < -0.3 is 0 Å². The number of nitro benzene ring substituents is 1. The van der Waals surface area contributed by atoms with E-state index < -0.39 is 0 Å². The Morgan fingerprint density at radius 2 is 1.79 bits per heavy atom. The van der Waals surface area contributed by atoms with Crippen molar-refractivity contribution in [1.29, 1.82) is 0 Å². The Kier molecular flexibility index (Phi) is 5.41. The molecule has 2 fully saturated rings. The van der Waals surface area contributed by atoms with Gasteiger partial charge in [-0.2, -0.15) is 15.6 Å². The summed E-state index contributed by atoms with van der Waals surface area (Å²) in [5, 5.41) is 26.2. The molecule has 0 aromatic heterocycles. The molecule has 2 unspecified atom stereocenters. The average Bonchev–Trinajstić information content (AvgIpc) is 3.38. The van der Waals surface area contributed by atoms with Gasteiger partial charge >= 0.3 is 0 Å². The summed E-state index contributed by atoms with van der Waals surface area (Å²) in [5.74, 6) is 0.895. The fourth-order valence-corrected chi connectivity index (χ4v) is 6.53. The number of hydrogen-bond donors (Lipinski definition) is 2. The number of nitrogens with zero attached hydrogens (tertiary/aromatic N) is 5. The van der Waals surface area contributed by atoms with E-state index in [1.54, 1.807) is 23.9 Å². The largest absolute Gasteiger partial charge is 0.286 e. The van der Waals surface area contributed by atoms with E-state index in [2.05, 4.69) is 15.9 Å². The molecule has 0 amide bonds. The zero-order valence-corrected chi connectivity index (χ0v) is 19.6. The van der Waals surface area contributed by atoms with Crippen molar-refractivity contribution in [3.8, 4) is 0 Å². The third-order valence-electron chi connectivity index (χ3n) is 7.01. The quantitative estimate of drug-likeness (QED) is 0.488. The number of fused-ring (bicyclic) bond motifs is 3. The van der Waals surface area contributed by atoms with Gasteiger partial charge in [-0.05, 0) is 43.4 Å². The molecular formula is C24H27N7O2S. The van der Waals surface area contributed by atoms with Gasteiger partial charge in [0, 0.05) is 12.1 Å². The Balaban J connectivity index is 1.37. The summed E-state index contributed by atoms with van der Waals surface area (Å²) < 4.78 is 0. The number of hydrogen-bond acceptors (Lipinski definition) is 9. The highest BCUT2D eigenvalue weighted by Gasteiger charge is 2.52. The molecule has 1 saturated heterocycles. The standard InChI is InChI=1S/C24H27N7O2S/c32-31(33)19-13-9-10-17(16-19)20-21-22(26-29(20)18-11-5-4-6-12-18)30-23(34-21)25-27-24(28-30)14-7-2-1-3-8-15-24/h4-6,9-13,16,20-21,27-28H,1-3,7-8,14-15H2. The second-order valence-electron chi connectivity index (χ2n) is 9.28. The van der Waals surface area contributed by atoms with Crippen LogP contribution in [0.1, 0.15) is 56.6 Å². The van der Waals surface area contributed by atoms with Crippen molar-refractivity contribution in [3.05, 3.63) is 70.3 Å². The summed E-state index contributed by atoms with van der Waals surface area (Å²) >= 11 is 1.65. The van der Waals surface area contributed by atoms with Crippen molar-refractivity contribution < 1.29 is 4.92 Å². The minimum absolute atomic E-state index is 0.0426. The maximum absolute atomic E-state index is 11.5. The predicted octanol–water partition coefficient (Wildman–Crippen LogP) is 4.71. The number of benzene rings is 2. The number of anilines is 1. The van der Waals surface area contributed by atoms with Crippen LogP contribution in [0.3, 0.4) is 0 Å². The third-order valence-corrected chi connectivity index (χ3v) is 8.22. The summed E-state index contributed by atoms with van der Waals surface area (Å²) in [4.78, 5) is 11.1. The molecule has 1 spiro atoms. The maximum atomic E-state index is 11.5. The van der Waals surface area contributed by atoms with E-state index in [1.165, 1.54) is 25.3 Å². The lowest BCUT2D eigenvalue weighted by Crippen LogP contribution is -2.66. The van der Waals surface area contributed by atoms with Crippen LogP contribution in [0.15, 0.2) is 64.8 Å². The molecule has 4 aliphatic rings. The highest BCUT2D eigenvalue weighted by Crippen LogP contribution is 2.47. The van der Waals surface area contributed by atoms with Crippen LogP contribution in [0.4, 0.5) is 11.4 Å². The van der Waals surface area contributed by atoms with E-state index in [9.17, 15) is 10.1 Å². The molecule has 34 heavy (non-hydrogen) atoms. The monoisotopic (exact) mass is 477 g/mol. The van der Waals surface area contributed by atoms with E-state index in [0.29, 0.717) is 0 Å². The van der Waals surface area contributed by atoms with Gasteiger partial charge in [0.25, 0.3) is 5.69 Å². The number of hydrazone groups is 2. The molecule has 6 rings (SSSR count). The summed E-state index contributed by atoms with van der Waals surface area (Å²) in [6.07, 6.45) is 8.14. The second kappa shape index (κ2) is 8.59. The Labute approximate surface area is 202 Å². The van der Waals surface area contributed by atoms with Crippen molar-refractivity contribution >= 4 is 34.1 Å². The molecule has 2 aromatic rings. The Bertz CT molecular complexity index is 1150. The molecule has 3 heterocycles. The first-order valence-corrected chi connectivity index (χ1v) is 12.8. The molecule has 9 nitrogen and oxygen atoms in total. The maximum Gasteiger partial charge on any atom is 0.269 e. The molecule has 10 heteroatoms. The molecule has 0 bridgehead atoms. The number of nitrogens with one attached hydrogen (secondary N) is 2. The van der Waals surface area contributed by atoms with Crippen molar-refractivity contribution in [1.82, 2.24) is 15.9 Å². The molecule has 2 aromatic carbocycles. The topological polar surface area (TPSA) is 98.4 Å². The summed E-state index contributed by atoms with van der Waals surface area (Å²) in [6.45, 7) is 0. The van der Waals surface area contributed by atoms with Gasteiger partial charge in [0.1, 0.15) is 10.9 Å².